The molecule has 2 aromatic carbocycles. The smallest absolute Gasteiger partial charge is 0.119 e. The maximum absolute atomic E-state index is 5.66. The molecule has 2 nitrogen and oxygen atoms in total. The summed E-state index contributed by atoms with van der Waals surface area (Å²) in [6.45, 7) is 4.24. The van der Waals surface area contributed by atoms with Gasteiger partial charge in [0, 0.05) is 0 Å². The molecule has 17 heavy (non-hydrogen) atoms. The van der Waals surface area contributed by atoms with Crippen molar-refractivity contribution < 1.29 is 9.47 Å². The van der Waals surface area contributed by atoms with Crippen molar-refractivity contribution in [1.29, 1.82) is 0 Å². The summed E-state index contributed by atoms with van der Waals surface area (Å²) < 4.78 is 10.9. The largest absolute Gasteiger partial charge is 0.497 e. The zero-order valence-electron chi connectivity index (χ0n) is 10.4. The topological polar surface area (TPSA) is 21.8 Å². The molecule has 1 fully saturated rings. The van der Waals surface area contributed by atoms with E-state index in [0.29, 0.717) is 0 Å². The Bertz CT molecular complexity index is 572. The number of ether oxygens (including phenoxy) is 2. The molecule has 0 amide bonds. The van der Waals surface area contributed by atoms with E-state index in [4.69, 9.17) is 9.47 Å². The number of benzene rings is 2. The summed E-state index contributed by atoms with van der Waals surface area (Å²) in [6.07, 6.45) is 0.244. The summed E-state index contributed by atoms with van der Waals surface area (Å²) >= 11 is 0. The van der Waals surface area contributed by atoms with Gasteiger partial charge in [0.05, 0.1) is 12.7 Å². The molecule has 1 aliphatic heterocycles. The molecule has 0 spiro atoms. The van der Waals surface area contributed by atoms with Gasteiger partial charge in [-0.15, -0.1) is 0 Å². The molecule has 1 heterocycles. The van der Waals surface area contributed by atoms with E-state index in [9.17, 15) is 0 Å². The van der Waals surface area contributed by atoms with Crippen molar-refractivity contribution in [2.24, 2.45) is 0 Å². The average molecular weight is 228 g/mol. The van der Waals surface area contributed by atoms with Crippen molar-refractivity contribution in [3.05, 3.63) is 42.0 Å². The fourth-order valence-corrected chi connectivity index (χ4v) is 2.27. The van der Waals surface area contributed by atoms with Crippen molar-refractivity contribution in [1.82, 2.24) is 0 Å². The van der Waals surface area contributed by atoms with Gasteiger partial charge in [-0.25, -0.2) is 0 Å². The third-order valence-corrected chi connectivity index (χ3v) is 3.37. The lowest BCUT2D eigenvalue weighted by Gasteiger charge is -2.04. The van der Waals surface area contributed by atoms with E-state index in [0.717, 1.165) is 5.75 Å². The van der Waals surface area contributed by atoms with Gasteiger partial charge in [-0.2, -0.15) is 0 Å². The van der Waals surface area contributed by atoms with Gasteiger partial charge in [-0.1, -0.05) is 18.2 Å². The minimum atomic E-state index is 0.000146. The molecule has 0 radical (unpaired) electrons. The van der Waals surface area contributed by atoms with Crippen LogP contribution in [-0.4, -0.2) is 12.7 Å². The molecule has 0 aliphatic carbocycles. The Hall–Kier alpha value is -1.54. The highest BCUT2D eigenvalue weighted by molar-refractivity contribution is 5.84. The monoisotopic (exact) mass is 228 g/mol. The number of hydrogen-bond donors (Lipinski definition) is 0. The summed E-state index contributed by atoms with van der Waals surface area (Å²) in [5.74, 6) is 0.897. The average Bonchev–Trinajstić information content (AvgIpc) is 2.97. The normalized spacial score (nSPS) is 21.5. The first kappa shape index (κ1) is 10.6. The highest BCUT2D eigenvalue weighted by Gasteiger charge is 2.48. The third-order valence-electron chi connectivity index (χ3n) is 3.37. The number of fused-ring (bicyclic) bond motifs is 1. The van der Waals surface area contributed by atoms with Crippen LogP contribution in [0.4, 0.5) is 0 Å². The highest BCUT2D eigenvalue weighted by Crippen LogP contribution is 2.49. The molecule has 1 saturated heterocycles. The summed E-state index contributed by atoms with van der Waals surface area (Å²) in [7, 11) is 1.69. The van der Waals surface area contributed by atoms with Crippen LogP contribution in [0.25, 0.3) is 10.8 Å². The predicted octanol–water partition coefficient (Wildman–Crippen LogP) is 3.70. The predicted molar refractivity (Wildman–Crippen MR) is 68.4 cm³/mol. The molecule has 2 aromatic rings. The van der Waals surface area contributed by atoms with Crippen molar-refractivity contribution >= 4 is 10.8 Å². The van der Waals surface area contributed by atoms with Crippen LogP contribution in [0.5, 0.6) is 5.75 Å². The van der Waals surface area contributed by atoms with Crippen molar-refractivity contribution in [3.63, 3.8) is 0 Å². The molecule has 1 aliphatic rings. The van der Waals surface area contributed by atoms with Gasteiger partial charge in [0.15, 0.2) is 0 Å². The lowest BCUT2D eigenvalue weighted by molar-refractivity contribution is 0.325. The van der Waals surface area contributed by atoms with E-state index in [1.165, 1.54) is 16.3 Å². The van der Waals surface area contributed by atoms with Crippen LogP contribution in [0.2, 0.25) is 0 Å². The third kappa shape index (κ3) is 1.79. The van der Waals surface area contributed by atoms with Gasteiger partial charge in [-0.3, -0.25) is 0 Å². The molecule has 0 bridgehead atoms. The van der Waals surface area contributed by atoms with Crippen molar-refractivity contribution in [2.75, 3.05) is 7.11 Å². The Morgan fingerprint density at radius 1 is 1.06 bits per heavy atom. The minimum Gasteiger partial charge on any atom is -0.497 e. The van der Waals surface area contributed by atoms with E-state index in [1.807, 2.05) is 6.07 Å². The molecule has 1 unspecified atom stereocenters. The van der Waals surface area contributed by atoms with E-state index < -0.39 is 0 Å². The number of hydrogen-bond acceptors (Lipinski definition) is 2. The van der Waals surface area contributed by atoms with Gasteiger partial charge < -0.3 is 9.47 Å². The quantitative estimate of drug-likeness (QED) is 0.731. The Kier molecular flexibility index (Phi) is 2.17. The molecule has 0 aromatic heterocycles. The molecule has 3 rings (SSSR count). The van der Waals surface area contributed by atoms with Crippen molar-refractivity contribution in [3.8, 4) is 5.75 Å². The molecule has 0 saturated carbocycles. The second-order valence-corrected chi connectivity index (χ2v) is 5.07. The number of rotatable bonds is 2. The Balaban J connectivity index is 2.03. The fraction of sp³-hybridized carbons (Fsp3) is 0.333. The molecule has 88 valence electrons. The minimum absolute atomic E-state index is 0.000146. The van der Waals surface area contributed by atoms with E-state index >= 15 is 0 Å². The fourth-order valence-electron chi connectivity index (χ4n) is 2.27. The van der Waals surface area contributed by atoms with Crippen LogP contribution in [0.15, 0.2) is 36.4 Å². The Morgan fingerprint density at radius 2 is 1.71 bits per heavy atom. The van der Waals surface area contributed by atoms with Gasteiger partial charge in [-0.05, 0) is 48.4 Å². The summed E-state index contributed by atoms with van der Waals surface area (Å²) in [5, 5.41) is 2.43. The first-order valence-corrected chi connectivity index (χ1v) is 5.86. The maximum Gasteiger partial charge on any atom is 0.119 e. The second-order valence-electron chi connectivity index (χ2n) is 5.07. The van der Waals surface area contributed by atoms with Crippen molar-refractivity contribution in [2.45, 2.75) is 25.6 Å². The van der Waals surface area contributed by atoms with Crippen LogP contribution < -0.4 is 4.74 Å². The van der Waals surface area contributed by atoms with Gasteiger partial charge in [0.2, 0.25) is 0 Å². The first-order valence-electron chi connectivity index (χ1n) is 5.86. The van der Waals surface area contributed by atoms with Crippen LogP contribution >= 0.6 is 0 Å². The SMILES string of the molecule is COc1ccc2cc(C3OC3(C)C)ccc2c1. The van der Waals surface area contributed by atoms with Crippen LogP contribution in [0.1, 0.15) is 25.5 Å². The maximum atomic E-state index is 5.66. The van der Waals surface area contributed by atoms with E-state index in [1.54, 1.807) is 7.11 Å². The molecular formula is C15H16O2. The molecule has 1 atom stereocenters. The van der Waals surface area contributed by atoms with E-state index in [-0.39, 0.29) is 11.7 Å². The lowest BCUT2D eigenvalue weighted by Crippen LogP contribution is -1.97. The summed E-state index contributed by atoms with van der Waals surface area (Å²) in [6, 6.07) is 12.6. The summed E-state index contributed by atoms with van der Waals surface area (Å²) in [5.41, 5.74) is 1.26. The number of epoxide rings is 1. The lowest BCUT2D eigenvalue weighted by atomic mass is 10.00. The Labute approximate surface area is 101 Å². The van der Waals surface area contributed by atoms with E-state index in [2.05, 4.69) is 44.2 Å². The zero-order chi connectivity index (χ0) is 12.0. The van der Waals surface area contributed by atoms with Gasteiger partial charge in [0.25, 0.3) is 0 Å². The highest BCUT2D eigenvalue weighted by atomic mass is 16.6. The van der Waals surface area contributed by atoms with Crippen LogP contribution in [-0.2, 0) is 4.74 Å². The molecule has 2 heteroatoms. The standard InChI is InChI=1S/C15H16O2/c1-15(2)14(17-15)12-5-4-11-9-13(16-3)7-6-10(11)8-12/h4-9,14H,1-3H3. The Morgan fingerprint density at radius 3 is 2.35 bits per heavy atom. The zero-order valence-corrected chi connectivity index (χ0v) is 10.4. The summed E-state index contributed by atoms with van der Waals surface area (Å²) in [4.78, 5) is 0. The molecule has 0 N–H and O–H groups in total. The van der Waals surface area contributed by atoms with Gasteiger partial charge >= 0.3 is 0 Å². The van der Waals surface area contributed by atoms with Gasteiger partial charge in [0.1, 0.15) is 11.9 Å². The molecular weight excluding hydrogens is 212 g/mol. The van der Waals surface area contributed by atoms with Crippen LogP contribution in [0.3, 0.4) is 0 Å². The number of methoxy groups -OCH3 is 1. The first-order chi connectivity index (χ1) is 8.10. The van der Waals surface area contributed by atoms with Crippen LogP contribution in [0, 0.1) is 0 Å². The second kappa shape index (κ2) is 3.47.